The molecule has 1 aliphatic carbocycles. The third kappa shape index (κ3) is 2.46. The summed E-state index contributed by atoms with van der Waals surface area (Å²) in [6.45, 7) is 1.12. The fraction of sp³-hybridized carbons (Fsp3) is 0.444. The first-order valence-electron chi connectivity index (χ1n) is 7.98. The minimum atomic E-state index is -0.476. The van der Waals surface area contributed by atoms with Gasteiger partial charge >= 0.3 is 0 Å². The summed E-state index contributed by atoms with van der Waals surface area (Å²) in [5.74, 6) is 0. The molecule has 3 nitrogen and oxygen atoms in total. The molecule has 2 aliphatic rings. The van der Waals surface area contributed by atoms with Crippen molar-refractivity contribution in [2.24, 2.45) is 5.18 Å². The van der Waals surface area contributed by atoms with Crippen LogP contribution in [0.25, 0.3) is 10.8 Å². The van der Waals surface area contributed by atoms with Crippen LogP contribution in [0, 0.1) is 4.91 Å². The van der Waals surface area contributed by atoms with E-state index in [0.717, 1.165) is 37.8 Å². The number of nitrogens with one attached hydrogen (secondary N) is 1. The molecular weight excluding hydrogens is 387 g/mol. The molecule has 0 amide bonds. The molecule has 0 aromatic heterocycles. The second-order valence-electron chi connectivity index (χ2n) is 6.57. The largest absolute Gasteiger partial charge is 0.310 e. The number of alkyl halides is 1. The van der Waals surface area contributed by atoms with Crippen LogP contribution in [0.5, 0.6) is 0 Å². The molecule has 1 heterocycles. The van der Waals surface area contributed by atoms with Crippen molar-refractivity contribution < 1.29 is 0 Å². The van der Waals surface area contributed by atoms with Crippen LogP contribution >= 0.6 is 22.6 Å². The van der Waals surface area contributed by atoms with Crippen molar-refractivity contribution in [3.8, 4) is 0 Å². The van der Waals surface area contributed by atoms with E-state index in [0.29, 0.717) is 9.97 Å². The molecule has 0 spiro atoms. The van der Waals surface area contributed by atoms with E-state index in [4.69, 9.17) is 0 Å². The first-order valence-corrected chi connectivity index (χ1v) is 9.23. The van der Waals surface area contributed by atoms with Crippen LogP contribution in [0.2, 0.25) is 0 Å². The summed E-state index contributed by atoms with van der Waals surface area (Å²) in [6, 6.07) is 13.8. The number of fused-ring (bicyclic) bond motifs is 1. The molecule has 2 atom stereocenters. The number of nitrogens with zero attached hydrogens (tertiary/aromatic N) is 1. The van der Waals surface area contributed by atoms with Crippen LogP contribution in [0.4, 0.5) is 0 Å². The molecule has 2 aromatic carbocycles. The highest BCUT2D eigenvalue weighted by Gasteiger charge is 2.37. The van der Waals surface area contributed by atoms with Gasteiger partial charge in [0.1, 0.15) is 5.54 Å². The predicted molar refractivity (Wildman–Crippen MR) is 98.4 cm³/mol. The average molecular weight is 406 g/mol. The fourth-order valence-electron chi connectivity index (χ4n) is 3.63. The van der Waals surface area contributed by atoms with Gasteiger partial charge in [-0.25, -0.2) is 0 Å². The number of hydrogen-bond donors (Lipinski definition) is 1. The number of rotatable bonds is 4. The van der Waals surface area contributed by atoms with Crippen molar-refractivity contribution in [2.75, 3.05) is 6.54 Å². The Morgan fingerprint density at radius 1 is 1.14 bits per heavy atom. The van der Waals surface area contributed by atoms with E-state index in [1.54, 1.807) is 0 Å². The van der Waals surface area contributed by atoms with E-state index in [1.165, 1.54) is 16.3 Å². The smallest absolute Gasteiger partial charge is 0.127 e. The number of halogens is 1. The Balaban J connectivity index is 1.72. The van der Waals surface area contributed by atoms with Crippen molar-refractivity contribution in [2.45, 2.75) is 41.2 Å². The second kappa shape index (κ2) is 5.57. The summed E-state index contributed by atoms with van der Waals surface area (Å²) in [5.41, 5.74) is 1.99. The van der Waals surface area contributed by atoms with Crippen LogP contribution in [0.1, 0.15) is 40.7 Å². The molecule has 4 heteroatoms. The lowest BCUT2D eigenvalue weighted by Gasteiger charge is -2.21. The quantitative estimate of drug-likeness (QED) is 0.343. The van der Waals surface area contributed by atoms with E-state index in [9.17, 15) is 4.91 Å². The molecule has 1 saturated carbocycles. The van der Waals surface area contributed by atoms with Crippen LogP contribution in [-0.2, 0) is 5.54 Å². The summed E-state index contributed by atoms with van der Waals surface area (Å²) in [4.78, 5) is 11.4. The predicted octanol–water partition coefficient (Wildman–Crippen LogP) is 4.82. The van der Waals surface area contributed by atoms with Crippen LogP contribution in [0.15, 0.2) is 41.6 Å². The van der Waals surface area contributed by atoms with Gasteiger partial charge in [0.2, 0.25) is 0 Å². The Bertz CT molecular complexity index is 720. The summed E-state index contributed by atoms with van der Waals surface area (Å²) in [5, 5.41) is 9.36. The van der Waals surface area contributed by atoms with Crippen molar-refractivity contribution in [1.82, 2.24) is 5.32 Å². The molecule has 114 valence electrons. The van der Waals surface area contributed by atoms with Gasteiger partial charge in [0, 0.05) is 12.6 Å². The zero-order valence-electron chi connectivity index (χ0n) is 12.4. The molecule has 0 bridgehead atoms. The lowest BCUT2D eigenvalue weighted by molar-refractivity contribution is 0.461. The molecule has 0 radical (unpaired) electrons. The van der Waals surface area contributed by atoms with Crippen molar-refractivity contribution in [3.63, 3.8) is 0 Å². The van der Waals surface area contributed by atoms with Gasteiger partial charge in [-0.2, -0.15) is 0 Å². The minimum Gasteiger partial charge on any atom is -0.310 e. The van der Waals surface area contributed by atoms with Gasteiger partial charge in [0.05, 0.1) is 3.92 Å². The Labute approximate surface area is 144 Å². The van der Waals surface area contributed by atoms with E-state index >= 15 is 0 Å². The van der Waals surface area contributed by atoms with Crippen molar-refractivity contribution in [1.29, 1.82) is 0 Å². The van der Waals surface area contributed by atoms with E-state index in [-0.39, 0.29) is 0 Å². The Morgan fingerprint density at radius 2 is 1.82 bits per heavy atom. The topological polar surface area (TPSA) is 51.4 Å². The molecule has 4 rings (SSSR count). The fourth-order valence-corrected chi connectivity index (χ4v) is 4.52. The molecule has 2 unspecified atom stereocenters. The number of nitroso groups, excluding NO2 is 1. The molecule has 22 heavy (non-hydrogen) atoms. The second-order valence-corrected chi connectivity index (χ2v) is 7.91. The van der Waals surface area contributed by atoms with Gasteiger partial charge in [-0.05, 0) is 40.8 Å². The van der Waals surface area contributed by atoms with Crippen LogP contribution in [0.3, 0.4) is 0 Å². The summed E-state index contributed by atoms with van der Waals surface area (Å²) < 4.78 is 0.527. The monoisotopic (exact) mass is 406 g/mol. The summed E-state index contributed by atoms with van der Waals surface area (Å²) in [7, 11) is 0. The van der Waals surface area contributed by atoms with E-state index < -0.39 is 5.54 Å². The highest BCUT2D eigenvalue weighted by molar-refractivity contribution is 14.1. The first-order chi connectivity index (χ1) is 10.7. The molecule has 2 fully saturated rings. The van der Waals surface area contributed by atoms with Gasteiger partial charge < -0.3 is 5.32 Å². The third-order valence-electron chi connectivity index (χ3n) is 5.12. The molecule has 2 aromatic rings. The SMILES string of the molecule is O=NC1(c2ccc3cc(C(I)C4CN4)ccc3c2)CCCC1. The first kappa shape index (κ1) is 14.6. The summed E-state index contributed by atoms with van der Waals surface area (Å²) in [6.07, 6.45) is 3.99. The molecule has 1 saturated heterocycles. The average Bonchev–Trinajstić information content (AvgIpc) is 3.30. The van der Waals surface area contributed by atoms with Crippen molar-refractivity contribution >= 4 is 33.4 Å². The Hall–Kier alpha value is -1.01. The van der Waals surface area contributed by atoms with Gasteiger partial charge in [-0.15, -0.1) is 4.91 Å². The van der Waals surface area contributed by atoms with Gasteiger partial charge in [0.15, 0.2) is 0 Å². The Morgan fingerprint density at radius 3 is 2.50 bits per heavy atom. The zero-order valence-corrected chi connectivity index (χ0v) is 14.5. The highest BCUT2D eigenvalue weighted by Crippen LogP contribution is 2.43. The van der Waals surface area contributed by atoms with Gasteiger partial charge in [-0.1, -0.05) is 70.9 Å². The number of benzene rings is 2. The third-order valence-corrected chi connectivity index (χ3v) is 6.71. The van der Waals surface area contributed by atoms with Gasteiger partial charge in [-0.3, -0.25) is 0 Å². The van der Waals surface area contributed by atoms with E-state index in [1.807, 2.05) is 0 Å². The molecular formula is C18H19IN2O. The lowest BCUT2D eigenvalue weighted by Crippen LogP contribution is -2.17. The standard InChI is InChI=1S/C18H19IN2O/c19-17(16-11-20-16)14-4-3-13-10-15(6-5-12(13)9-14)18(21-22)7-1-2-8-18/h3-6,9-10,16-17,20H,1-2,7-8,11H2. The highest BCUT2D eigenvalue weighted by atomic mass is 127. The van der Waals surface area contributed by atoms with Gasteiger partial charge in [0.25, 0.3) is 0 Å². The molecule has 1 N–H and O–H groups in total. The van der Waals surface area contributed by atoms with Crippen LogP contribution in [-0.4, -0.2) is 12.6 Å². The zero-order chi connectivity index (χ0) is 15.2. The minimum absolute atomic E-state index is 0.476. The van der Waals surface area contributed by atoms with Crippen molar-refractivity contribution in [3.05, 3.63) is 52.4 Å². The maximum absolute atomic E-state index is 11.4. The van der Waals surface area contributed by atoms with Crippen LogP contribution < -0.4 is 5.32 Å². The summed E-state index contributed by atoms with van der Waals surface area (Å²) >= 11 is 2.52. The maximum Gasteiger partial charge on any atom is 0.127 e. The number of hydrogen-bond acceptors (Lipinski definition) is 3. The molecule has 1 aliphatic heterocycles. The Kier molecular flexibility index (Phi) is 3.69. The van der Waals surface area contributed by atoms with E-state index in [2.05, 4.69) is 69.5 Å². The lowest BCUT2D eigenvalue weighted by atomic mass is 9.87. The maximum atomic E-state index is 11.4. The normalized spacial score (nSPS) is 24.3.